The van der Waals surface area contributed by atoms with Crippen LogP contribution in [0.25, 0.3) is 0 Å². The Labute approximate surface area is 127 Å². The number of benzene rings is 1. The SMILES string of the molecule is NC(=S)C1CCCN(Cc2ccc(Br)cc2Cl)C1. The molecule has 0 aliphatic carbocycles. The van der Waals surface area contributed by atoms with Gasteiger partial charge in [0.2, 0.25) is 0 Å². The molecule has 0 saturated carbocycles. The lowest BCUT2D eigenvalue weighted by atomic mass is 9.97. The van der Waals surface area contributed by atoms with Crippen molar-refractivity contribution in [1.29, 1.82) is 0 Å². The summed E-state index contributed by atoms with van der Waals surface area (Å²) in [6, 6.07) is 6.03. The van der Waals surface area contributed by atoms with Gasteiger partial charge in [-0.3, -0.25) is 4.90 Å². The summed E-state index contributed by atoms with van der Waals surface area (Å²) < 4.78 is 1.01. The molecule has 1 heterocycles. The van der Waals surface area contributed by atoms with Crippen LogP contribution in [0.5, 0.6) is 0 Å². The molecule has 1 atom stereocenters. The van der Waals surface area contributed by atoms with E-state index in [1.165, 1.54) is 0 Å². The molecule has 1 aromatic carbocycles. The van der Waals surface area contributed by atoms with Gasteiger partial charge in [-0.2, -0.15) is 0 Å². The smallest absolute Gasteiger partial charge is 0.0771 e. The van der Waals surface area contributed by atoms with Gasteiger partial charge in [-0.1, -0.05) is 45.8 Å². The maximum Gasteiger partial charge on any atom is 0.0771 e. The Balaban J connectivity index is 2.02. The number of piperidine rings is 1. The summed E-state index contributed by atoms with van der Waals surface area (Å²) in [5.41, 5.74) is 6.90. The first kappa shape index (κ1) is 14.3. The van der Waals surface area contributed by atoms with Crippen LogP contribution in [0.4, 0.5) is 0 Å². The lowest BCUT2D eigenvalue weighted by Gasteiger charge is -2.32. The van der Waals surface area contributed by atoms with Crippen LogP contribution in [-0.4, -0.2) is 23.0 Å². The lowest BCUT2D eigenvalue weighted by molar-refractivity contribution is 0.197. The predicted molar refractivity (Wildman–Crippen MR) is 83.9 cm³/mol. The third-order valence-corrected chi connectivity index (χ3v) is 4.50. The fraction of sp³-hybridized carbons (Fsp3) is 0.462. The zero-order valence-corrected chi connectivity index (χ0v) is 13.2. The van der Waals surface area contributed by atoms with E-state index in [-0.39, 0.29) is 0 Å². The van der Waals surface area contributed by atoms with Gasteiger partial charge < -0.3 is 5.73 Å². The lowest BCUT2D eigenvalue weighted by Crippen LogP contribution is -2.40. The molecule has 1 aliphatic heterocycles. The average molecular weight is 348 g/mol. The van der Waals surface area contributed by atoms with Crippen molar-refractivity contribution in [2.45, 2.75) is 19.4 Å². The molecule has 1 fully saturated rings. The molecule has 5 heteroatoms. The fourth-order valence-corrected chi connectivity index (χ4v) is 3.25. The monoisotopic (exact) mass is 346 g/mol. The van der Waals surface area contributed by atoms with E-state index in [1.807, 2.05) is 12.1 Å². The molecule has 0 amide bonds. The highest BCUT2D eigenvalue weighted by Gasteiger charge is 2.22. The van der Waals surface area contributed by atoms with E-state index in [9.17, 15) is 0 Å². The van der Waals surface area contributed by atoms with Gasteiger partial charge in [0.15, 0.2) is 0 Å². The van der Waals surface area contributed by atoms with E-state index in [1.54, 1.807) is 0 Å². The van der Waals surface area contributed by atoms with Gasteiger partial charge in [-0.05, 0) is 37.1 Å². The third kappa shape index (κ3) is 3.67. The van der Waals surface area contributed by atoms with Gasteiger partial charge in [0, 0.05) is 28.5 Å². The summed E-state index contributed by atoms with van der Waals surface area (Å²) >= 11 is 14.8. The minimum atomic E-state index is 0.350. The largest absolute Gasteiger partial charge is 0.393 e. The number of rotatable bonds is 3. The van der Waals surface area contributed by atoms with Crippen LogP contribution in [-0.2, 0) is 6.54 Å². The summed E-state index contributed by atoms with van der Waals surface area (Å²) in [6.07, 6.45) is 2.26. The topological polar surface area (TPSA) is 29.3 Å². The Morgan fingerprint density at radius 1 is 1.56 bits per heavy atom. The molecule has 0 bridgehead atoms. The molecular weight excluding hydrogens is 332 g/mol. The van der Waals surface area contributed by atoms with E-state index < -0.39 is 0 Å². The number of nitrogens with two attached hydrogens (primary N) is 1. The molecule has 2 rings (SSSR count). The summed E-state index contributed by atoms with van der Waals surface area (Å²) in [5.74, 6) is 0.350. The summed E-state index contributed by atoms with van der Waals surface area (Å²) in [7, 11) is 0. The number of nitrogens with zero attached hydrogens (tertiary/aromatic N) is 1. The van der Waals surface area contributed by atoms with E-state index >= 15 is 0 Å². The average Bonchev–Trinajstić information content (AvgIpc) is 2.33. The molecule has 2 N–H and O–H groups in total. The normalized spacial score (nSPS) is 20.9. The fourth-order valence-electron chi connectivity index (χ4n) is 2.32. The standard InChI is InChI=1S/C13H16BrClN2S/c14-11-4-3-9(12(15)6-11)7-17-5-1-2-10(8-17)13(16)18/h3-4,6,10H,1-2,5,7-8H2,(H2,16,18). The maximum atomic E-state index is 6.24. The van der Waals surface area contributed by atoms with Crippen molar-refractivity contribution in [2.75, 3.05) is 13.1 Å². The zero-order chi connectivity index (χ0) is 13.1. The highest BCUT2D eigenvalue weighted by Crippen LogP contribution is 2.25. The Bertz CT molecular complexity index is 453. The first-order valence-electron chi connectivity index (χ1n) is 6.02. The van der Waals surface area contributed by atoms with Gasteiger partial charge in [-0.15, -0.1) is 0 Å². The van der Waals surface area contributed by atoms with Gasteiger partial charge >= 0.3 is 0 Å². The minimum Gasteiger partial charge on any atom is -0.393 e. The van der Waals surface area contributed by atoms with Gasteiger partial charge in [0.25, 0.3) is 0 Å². The highest BCUT2D eigenvalue weighted by atomic mass is 79.9. The van der Waals surface area contributed by atoms with Crippen molar-refractivity contribution in [1.82, 2.24) is 4.90 Å². The van der Waals surface area contributed by atoms with Crippen LogP contribution in [0.1, 0.15) is 18.4 Å². The van der Waals surface area contributed by atoms with E-state index in [4.69, 9.17) is 29.6 Å². The summed E-state index contributed by atoms with van der Waals surface area (Å²) in [4.78, 5) is 3.02. The third-order valence-electron chi connectivity index (χ3n) is 3.32. The van der Waals surface area contributed by atoms with Crippen LogP contribution >= 0.6 is 39.7 Å². The Morgan fingerprint density at radius 2 is 2.33 bits per heavy atom. The van der Waals surface area contributed by atoms with Crippen LogP contribution in [0, 0.1) is 5.92 Å². The maximum absolute atomic E-state index is 6.24. The molecule has 1 saturated heterocycles. The second-order valence-corrected chi connectivity index (χ2v) is 6.51. The molecule has 0 spiro atoms. The molecule has 98 valence electrons. The molecule has 0 aromatic heterocycles. The van der Waals surface area contributed by atoms with Crippen molar-refractivity contribution < 1.29 is 0 Å². The van der Waals surface area contributed by atoms with Crippen LogP contribution < -0.4 is 5.73 Å². The van der Waals surface area contributed by atoms with Crippen molar-refractivity contribution in [3.8, 4) is 0 Å². The predicted octanol–water partition coefficient (Wildman–Crippen LogP) is 3.60. The molecule has 0 radical (unpaired) electrons. The van der Waals surface area contributed by atoms with E-state index in [0.29, 0.717) is 10.9 Å². The van der Waals surface area contributed by atoms with Gasteiger partial charge in [0.1, 0.15) is 0 Å². The van der Waals surface area contributed by atoms with E-state index in [2.05, 4.69) is 26.9 Å². The molecule has 1 aromatic rings. The van der Waals surface area contributed by atoms with Crippen LogP contribution in [0.3, 0.4) is 0 Å². The zero-order valence-electron chi connectivity index (χ0n) is 10.0. The quantitative estimate of drug-likeness (QED) is 0.847. The van der Waals surface area contributed by atoms with Crippen molar-refractivity contribution >= 4 is 44.7 Å². The van der Waals surface area contributed by atoms with Gasteiger partial charge in [0.05, 0.1) is 4.99 Å². The Morgan fingerprint density at radius 3 is 3.00 bits per heavy atom. The van der Waals surface area contributed by atoms with Crippen LogP contribution in [0.2, 0.25) is 5.02 Å². The minimum absolute atomic E-state index is 0.350. The Hall–Kier alpha value is -0.160. The second-order valence-electron chi connectivity index (χ2n) is 4.71. The highest BCUT2D eigenvalue weighted by molar-refractivity contribution is 9.10. The summed E-state index contributed by atoms with van der Waals surface area (Å²) in [5, 5.41) is 0.807. The second kappa shape index (κ2) is 6.33. The number of likely N-dealkylation sites (tertiary alicyclic amines) is 1. The number of thiocarbonyl (C=S) groups is 1. The van der Waals surface area contributed by atoms with Crippen molar-refractivity contribution in [2.24, 2.45) is 11.7 Å². The molecular formula is C13H16BrClN2S. The molecule has 18 heavy (non-hydrogen) atoms. The van der Waals surface area contributed by atoms with Gasteiger partial charge in [-0.25, -0.2) is 0 Å². The first-order chi connectivity index (χ1) is 8.56. The number of halogens is 2. The number of hydrogen-bond donors (Lipinski definition) is 1. The van der Waals surface area contributed by atoms with Crippen LogP contribution in [0.15, 0.2) is 22.7 Å². The molecule has 1 aliphatic rings. The number of hydrogen-bond acceptors (Lipinski definition) is 2. The van der Waals surface area contributed by atoms with E-state index in [0.717, 1.165) is 47.5 Å². The summed E-state index contributed by atoms with van der Waals surface area (Å²) in [6.45, 7) is 2.90. The van der Waals surface area contributed by atoms with Crippen molar-refractivity contribution in [3.63, 3.8) is 0 Å². The molecule has 1 unspecified atom stereocenters. The molecule has 2 nitrogen and oxygen atoms in total. The Kier molecular flexibility index (Phi) is 5.01. The van der Waals surface area contributed by atoms with Crippen molar-refractivity contribution in [3.05, 3.63) is 33.3 Å². The first-order valence-corrected chi connectivity index (χ1v) is 7.60.